The van der Waals surface area contributed by atoms with Crippen LogP contribution in [0, 0.1) is 6.92 Å². The van der Waals surface area contributed by atoms with Crippen LogP contribution in [0.5, 0.6) is 0 Å². The first-order chi connectivity index (χ1) is 9.99. The molecule has 0 atom stereocenters. The second kappa shape index (κ2) is 5.40. The molecule has 0 spiro atoms. The van der Waals surface area contributed by atoms with Crippen molar-refractivity contribution in [2.24, 2.45) is 7.05 Å². The summed E-state index contributed by atoms with van der Waals surface area (Å²) in [5.74, 6) is 0.724. The summed E-state index contributed by atoms with van der Waals surface area (Å²) in [5, 5.41) is 0. The van der Waals surface area contributed by atoms with E-state index in [1.54, 1.807) is 0 Å². The molecule has 1 fully saturated rings. The van der Waals surface area contributed by atoms with Gasteiger partial charge in [0.05, 0.1) is 17.6 Å². The fraction of sp³-hybridized carbons (Fsp3) is 0.500. The Morgan fingerprint density at radius 3 is 2.67 bits per heavy atom. The van der Waals surface area contributed by atoms with Crippen LogP contribution in [0.15, 0.2) is 18.2 Å². The van der Waals surface area contributed by atoms with Gasteiger partial charge in [-0.15, -0.1) is 0 Å². The largest absolute Gasteiger partial charge is 0.330 e. The molecule has 1 N–H and O–H groups in total. The average Bonchev–Trinajstić information content (AvgIpc) is 3.06. The first-order valence-corrected chi connectivity index (χ1v) is 8.59. The summed E-state index contributed by atoms with van der Waals surface area (Å²) in [5.41, 5.74) is 3.08. The van der Waals surface area contributed by atoms with E-state index in [4.69, 9.17) is 0 Å². The Hall–Kier alpha value is -1.44. The number of nitrogens with one attached hydrogen (secondary N) is 1. The van der Waals surface area contributed by atoms with Gasteiger partial charge in [-0.2, -0.15) is 17.4 Å². The fourth-order valence-electron chi connectivity index (χ4n) is 2.85. The minimum absolute atomic E-state index is 0.212. The van der Waals surface area contributed by atoms with Crippen molar-refractivity contribution in [3.05, 3.63) is 29.6 Å². The lowest BCUT2D eigenvalue weighted by molar-refractivity contribution is 0.463. The number of imidazole rings is 1. The van der Waals surface area contributed by atoms with Gasteiger partial charge in [0.25, 0.3) is 10.2 Å². The Balaban J connectivity index is 1.82. The molecular formula is C14H20N4O2S. The maximum Gasteiger partial charge on any atom is 0.279 e. The third-order valence-electron chi connectivity index (χ3n) is 4.01. The molecule has 0 saturated carbocycles. The molecule has 1 aromatic carbocycles. The second-order valence-corrected chi connectivity index (χ2v) is 7.22. The van der Waals surface area contributed by atoms with E-state index in [1.165, 1.54) is 4.31 Å². The van der Waals surface area contributed by atoms with E-state index in [0.29, 0.717) is 13.1 Å². The van der Waals surface area contributed by atoms with Crippen molar-refractivity contribution in [2.75, 3.05) is 13.1 Å². The summed E-state index contributed by atoms with van der Waals surface area (Å²) in [4.78, 5) is 4.52. The van der Waals surface area contributed by atoms with E-state index >= 15 is 0 Å². The number of benzene rings is 1. The van der Waals surface area contributed by atoms with E-state index in [-0.39, 0.29) is 6.54 Å². The van der Waals surface area contributed by atoms with Crippen molar-refractivity contribution in [3.8, 4) is 0 Å². The zero-order chi connectivity index (χ0) is 15.0. The van der Waals surface area contributed by atoms with Crippen LogP contribution < -0.4 is 4.72 Å². The molecule has 3 rings (SSSR count). The molecule has 2 heterocycles. The number of hydrogen-bond donors (Lipinski definition) is 1. The van der Waals surface area contributed by atoms with Gasteiger partial charge in [0.2, 0.25) is 0 Å². The monoisotopic (exact) mass is 308 g/mol. The van der Waals surface area contributed by atoms with Gasteiger partial charge in [-0.3, -0.25) is 0 Å². The molecule has 0 bridgehead atoms. The molecule has 7 heteroatoms. The highest BCUT2D eigenvalue weighted by Gasteiger charge is 2.25. The minimum Gasteiger partial charge on any atom is -0.330 e. The second-order valence-electron chi connectivity index (χ2n) is 5.46. The molecule has 0 unspecified atom stereocenters. The van der Waals surface area contributed by atoms with Gasteiger partial charge in [0, 0.05) is 20.1 Å². The van der Waals surface area contributed by atoms with Crippen molar-refractivity contribution in [1.29, 1.82) is 0 Å². The molecule has 1 aliphatic rings. The van der Waals surface area contributed by atoms with Gasteiger partial charge < -0.3 is 4.57 Å². The summed E-state index contributed by atoms with van der Waals surface area (Å²) >= 11 is 0. The number of nitrogens with zero attached hydrogens (tertiary/aromatic N) is 3. The van der Waals surface area contributed by atoms with E-state index < -0.39 is 10.2 Å². The predicted octanol–water partition coefficient (Wildman–Crippen LogP) is 1.31. The van der Waals surface area contributed by atoms with Crippen LogP contribution in [-0.2, 0) is 23.8 Å². The highest BCUT2D eigenvalue weighted by atomic mass is 32.2. The Kier molecular flexibility index (Phi) is 3.73. The van der Waals surface area contributed by atoms with Crippen LogP contribution in [0.2, 0.25) is 0 Å². The Labute approximate surface area is 125 Å². The molecule has 6 nitrogen and oxygen atoms in total. The van der Waals surface area contributed by atoms with E-state index in [0.717, 1.165) is 35.3 Å². The van der Waals surface area contributed by atoms with Crippen molar-refractivity contribution < 1.29 is 8.42 Å². The molecule has 0 radical (unpaired) electrons. The summed E-state index contributed by atoms with van der Waals surface area (Å²) in [6, 6.07) is 5.94. The van der Waals surface area contributed by atoms with Gasteiger partial charge in [-0.1, -0.05) is 12.1 Å². The van der Waals surface area contributed by atoms with Gasteiger partial charge in [-0.05, 0) is 31.4 Å². The molecule has 0 amide bonds. The lowest BCUT2D eigenvalue weighted by Gasteiger charge is -2.15. The number of aryl methyl sites for hydroxylation is 2. The maximum atomic E-state index is 12.2. The van der Waals surface area contributed by atoms with Crippen LogP contribution in [0.1, 0.15) is 24.2 Å². The number of aromatic nitrogens is 2. The molecule has 114 valence electrons. The van der Waals surface area contributed by atoms with Crippen molar-refractivity contribution in [3.63, 3.8) is 0 Å². The van der Waals surface area contributed by atoms with Crippen LogP contribution in [0.3, 0.4) is 0 Å². The molecule has 1 saturated heterocycles. The van der Waals surface area contributed by atoms with Gasteiger partial charge >= 0.3 is 0 Å². The molecule has 21 heavy (non-hydrogen) atoms. The van der Waals surface area contributed by atoms with Crippen molar-refractivity contribution in [1.82, 2.24) is 18.6 Å². The van der Waals surface area contributed by atoms with Gasteiger partial charge in [0.1, 0.15) is 5.82 Å². The van der Waals surface area contributed by atoms with Crippen LogP contribution in [0.4, 0.5) is 0 Å². The summed E-state index contributed by atoms with van der Waals surface area (Å²) in [7, 11) is -1.47. The topological polar surface area (TPSA) is 67.2 Å². The smallest absolute Gasteiger partial charge is 0.279 e. The van der Waals surface area contributed by atoms with Gasteiger partial charge in [-0.25, -0.2) is 4.98 Å². The van der Waals surface area contributed by atoms with Crippen LogP contribution >= 0.6 is 0 Å². The zero-order valence-corrected chi connectivity index (χ0v) is 13.2. The first-order valence-electron chi connectivity index (χ1n) is 7.15. The van der Waals surface area contributed by atoms with E-state index in [9.17, 15) is 8.42 Å². The fourth-order valence-corrected chi connectivity index (χ4v) is 4.08. The Morgan fingerprint density at radius 1 is 1.29 bits per heavy atom. The minimum atomic E-state index is -3.39. The number of hydrogen-bond acceptors (Lipinski definition) is 3. The van der Waals surface area contributed by atoms with Gasteiger partial charge in [0.15, 0.2) is 0 Å². The Bertz CT molecular complexity index is 761. The molecule has 0 aliphatic carbocycles. The molecular weight excluding hydrogens is 288 g/mol. The summed E-state index contributed by atoms with van der Waals surface area (Å²) in [6.07, 6.45) is 1.87. The number of fused-ring (bicyclic) bond motifs is 1. The lowest BCUT2D eigenvalue weighted by atomic mass is 10.2. The Morgan fingerprint density at radius 2 is 2.00 bits per heavy atom. The number of rotatable bonds is 4. The summed E-state index contributed by atoms with van der Waals surface area (Å²) in [6.45, 7) is 3.46. The first kappa shape index (κ1) is 14.5. The third kappa shape index (κ3) is 2.68. The lowest BCUT2D eigenvalue weighted by Crippen LogP contribution is -2.38. The normalized spacial score (nSPS) is 16.9. The molecule has 1 aromatic heterocycles. The summed E-state index contributed by atoms with van der Waals surface area (Å²) < 4.78 is 30.5. The van der Waals surface area contributed by atoms with Crippen LogP contribution in [0.25, 0.3) is 11.0 Å². The highest BCUT2D eigenvalue weighted by Crippen LogP contribution is 2.19. The molecule has 1 aliphatic heterocycles. The quantitative estimate of drug-likeness (QED) is 0.926. The maximum absolute atomic E-state index is 12.2. The highest BCUT2D eigenvalue weighted by molar-refractivity contribution is 7.87. The van der Waals surface area contributed by atoms with Crippen molar-refractivity contribution in [2.45, 2.75) is 26.3 Å². The van der Waals surface area contributed by atoms with E-state index in [2.05, 4.69) is 9.71 Å². The standard InChI is InChI=1S/C14H20N4O2S/c1-11-6-5-7-12-14(11)17(2)13(16-12)10-15-21(19,20)18-8-3-4-9-18/h5-7,15H,3-4,8-10H2,1-2H3. The zero-order valence-electron chi connectivity index (χ0n) is 12.3. The number of para-hydroxylation sites is 1. The third-order valence-corrected chi connectivity index (χ3v) is 5.56. The predicted molar refractivity (Wildman–Crippen MR) is 82.0 cm³/mol. The van der Waals surface area contributed by atoms with Crippen LogP contribution in [-0.4, -0.2) is 35.4 Å². The SMILES string of the molecule is Cc1cccc2nc(CNS(=O)(=O)N3CCCC3)n(C)c12. The van der Waals surface area contributed by atoms with E-state index in [1.807, 2.05) is 36.7 Å². The molecule has 2 aromatic rings. The van der Waals surface area contributed by atoms with Crippen molar-refractivity contribution >= 4 is 21.2 Å². The average molecular weight is 308 g/mol.